The van der Waals surface area contributed by atoms with Gasteiger partial charge in [0.2, 0.25) is 0 Å². The van der Waals surface area contributed by atoms with Crippen LogP contribution in [0.25, 0.3) is 10.9 Å². The molecule has 0 aliphatic heterocycles. The number of nitrogens with one attached hydrogen (secondary N) is 1. The molecule has 0 radical (unpaired) electrons. The monoisotopic (exact) mass is 274 g/mol. The molecule has 0 amide bonds. The molecule has 72 valence electrons. The van der Waals surface area contributed by atoms with Crippen LogP contribution in [0.15, 0.2) is 16.6 Å². The number of hydrogen-bond donors (Lipinski definition) is 2. The molecule has 1 aromatic carbocycles. The van der Waals surface area contributed by atoms with Crippen LogP contribution in [0.4, 0.5) is 0 Å². The van der Waals surface area contributed by atoms with Gasteiger partial charge in [-0.2, -0.15) is 5.10 Å². The lowest BCUT2D eigenvalue weighted by Crippen LogP contribution is -1.97. The van der Waals surface area contributed by atoms with E-state index in [0.717, 1.165) is 0 Å². The van der Waals surface area contributed by atoms with Crippen molar-refractivity contribution in [1.82, 2.24) is 10.2 Å². The van der Waals surface area contributed by atoms with Gasteiger partial charge in [0.05, 0.1) is 5.52 Å². The summed E-state index contributed by atoms with van der Waals surface area (Å²) in [5.41, 5.74) is 0.588. The number of aromatic amines is 1. The number of fused-ring (bicyclic) bond motifs is 1. The molecule has 0 unspecified atom stereocenters. The summed E-state index contributed by atoms with van der Waals surface area (Å²) in [4.78, 5) is 10.8. The first-order valence-electron chi connectivity index (χ1n) is 3.66. The Morgan fingerprint density at radius 3 is 2.93 bits per heavy atom. The number of carboxylic acids is 1. The topological polar surface area (TPSA) is 66.0 Å². The van der Waals surface area contributed by atoms with Gasteiger partial charge in [0.25, 0.3) is 0 Å². The molecular weight excluding hydrogens is 271 g/mol. The fraction of sp³-hybridized carbons (Fsp3) is 0. The molecule has 0 fully saturated rings. The van der Waals surface area contributed by atoms with Gasteiger partial charge in [-0.25, -0.2) is 4.79 Å². The Labute approximate surface area is 92.0 Å². The Morgan fingerprint density at radius 2 is 2.29 bits per heavy atom. The number of benzene rings is 1. The van der Waals surface area contributed by atoms with E-state index in [2.05, 4.69) is 26.1 Å². The fourth-order valence-electron chi connectivity index (χ4n) is 1.23. The molecule has 1 heterocycles. The van der Waals surface area contributed by atoms with E-state index in [1.54, 1.807) is 12.1 Å². The van der Waals surface area contributed by atoms with Crippen molar-refractivity contribution >= 4 is 44.4 Å². The SMILES string of the molecule is O=C(O)c1n[nH]c2cc(Cl)cc(Br)c12. The molecule has 0 aliphatic rings. The van der Waals surface area contributed by atoms with Gasteiger partial charge in [-0.05, 0) is 28.1 Å². The zero-order chi connectivity index (χ0) is 10.3. The molecule has 4 nitrogen and oxygen atoms in total. The zero-order valence-electron chi connectivity index (χ0n) is 6.71. The van der Waals surface area contributed by atoms with Crippen molar-refractivity contribution in [2.24, 2.45) is 0 Å². The van der Waals surface area contributed by atoms with Gasteiger partial charge in [-0.3, -0.25) is 5.10 Å². The van der Waals surface area contributed by atoms with Crippen molar-refractivity contribution in [3.8, 4) is 0 Å². The standard InChI is InChI=1S/C8H4BrClN2O2/c9-4-1-3(10)2-5-6(4)7(8(13)14)12-11-5/h1-2H,(H,11,12)(H,13,14). The van der Waals surface area contributed by atoms with E-state index in [4.69, 9.17) is 16.7 Å². The molecule has 2 aromatic rings. The third-order valence-electron chi connectivity index (χ3n) is 1.78. The van der Waals surface area contributed by atoms with Gasteiger partial charge in [-0.1, -0.05) is 11.6 Å². The predicted octanol–water partition coefficient (Wildman–Crippen LogP) is 2.68. The lowest BCUT2D eigenvalue weighted by atomic mass is 10.2. The van der Waals surface area contributed by atoms with Gasteiger partial charge in [0.15, 0.2) is 5.69 Å². The number of hydrogen-bond acceptors (Lipinski definition) is 2. The van der Waals surface area contributed by atoms with Crippen molar-refractivity contribution in [3.05, 3.63) is 27.3 Å². The van der Waals surface area contributed by atoms with E-state index in [1.165, 1.54) is 0 Å². The maximum Gasteiger partial charge on any atom is 0.357 e. The molecule has 1 aromatic heterocycles. The number of halogens is 2. The van der Waals surface area contributed by atoms with Crippen LogP contribution in [0, 0.1) is 0 Å². The van der Waals surface area contributed by atoms with E-state index in [1.807, 2.05) is 0 Å². The first kappa shape index (κ1) is 9.48. The average molecular weight is 275 g/mol. The molecule has 2 rings (SSSR count). The molecule has 0 saturated heterocycles. The van der Waals surface area contributed by atoms with E-state index in [0.29, 0.717) is 20.4 Å². The quantitative estimate of drug-likeness (QED) is 0.841. The fourth-order valence-corrected chi connectivity index (χ4v) is 2.23. The Kier molecular flexibility index (Phi) is 2.20. The first-order chi connectivity index (χ1) is 6.59. The van der Waals surface area contributed by atoms with Crippen LogP contribution in [0.3, 0.4) is 0 Å². The summed E-state index contributed by atoms with van der Waals surface area (Å²) in [7, 11) is 0. The second kappa shape index (κ2) is 3.25. The molecule has 0 saturated carbocycles. The number of H-pyrrole nitrogens is 1. The maximum absolute atomic E-state index is 10.8. The van der Waals surface area contributed by atoms with Crippen LogP contribution in [0.1, 0.15) is 10.5 Å². The highest BCUT2D eigenvalue weighted by Crippen LogP contribution is 2.29. The van der Waals surface area contributed by atoms with Crippen molar-refractivity contribution in [1.29, 1.82) is 0 Å². The highest BCUT2D eigenvalue weighted by atomic mass is 79.9. The number of carboxylic acid groups (broad SMARTS) is 1. The zero-order valence-corrected chi connectivity index (χ0v) is 9.06. The number of nitrogens with zero attached hydrogens (tertiary/aromatic N) is 1. The Bertz CT molecular complexity index is 523. The second-order valence-electron chi connectivity index (χ2n) is 2.69. The van der Waals surface area contributed by atoms with Crippen molar-refractivity contribution in [2.45, 2.75) is 0 Å². The summed E-state index contributed by atoms with van der Waals surface area (Å²) < 4.78 is 0.617. The molecule has 2 N–H and O–H groups in total. The Balaban J connectivity index is 2.85. The number of aromatic nitrogens is 2. The molecule has 6 heteroatoms. The second-order valence-corrected chi connectivity index (χ2v) is 3.98. The summed E-state index contributed by atoms with van der Waals surface area (Å²) >= 11 is 9.03. The summed E-state index contributed by atoms with van der Waals surface area (Å²) in [5.74, 6) is -1.07. The minimum atomic E-state index is -1.07. The number of rotatable bonds is 1. The summed E-state index contributed by atoms with van der Waals surface area (Å²) in [6.45, 7) is 0. The highest BCUT2D eigenvalue weighted by molar-refractivity contribution is 9.10. The van der Waals surface area contributed by atoms with E-state index in [9.17, 15) is 4.79 Å². The van der Waals surface area contributed by atoms with Crippen molar-refractivity contribution in [2.75, 3.05) is 0 Å². The van der Waals surface area contributed by atoms with Gasteiger partial charge in [0, 0.05) is 14.9 Å². The highest BCUT2D eigenvalue weighted by Gasteiger charge is 2.15. The van der Waals surface area contributed by atoms with Crippen LogP contribution in [0.2, 0.25) is 5.02 Å². The normalized spacial score (nSPS) is 10.7. The largest absolute Gasteiger partial charge is 0.476 e. The molecule has 14 heavy (non-hydrogen) atoms. The van der Waals surface area contributed by atoms with Crippen LogP contribution in [-0.2, 0) is 0 Å². The van der Waals surface area contributed by atoms with Gasteiger partial charge in [0.1, 0.15) is 0 Å². The smallest absolute Gasteiger partial charge is 0.357 e. The van der Waals surface area contributed by atoms with Crippen molar-refractivity contribution < 1.29 is 9.90 Å². The van der Waals surface area contributed by atoms with Gasteiger partial charge < -0.3 is 5.11 Å². The number of carbonyl (C=O) groups is 1. The van der Waals surface area contributed by atoms with Crippen molar-refractivity contribution in [3.63, 3.8) is 0 Å². The predicted molar refractivity (Wildman–Crippen MR) is 55.8 cm³/mol. The third-order valence-corrected chi connectivity index (χ3v) is 2.63. The molecular formula is C8H4BrClN2O2. The minimum absolute atomic E-state index is 0.0106. The lowest BCUT2D eigenvalue weighted by Gasteiger charge is -1.96. The van der Waals surface area contributed by atoms with Crippen LogP contribution in [-0.4, -0.2) is 21.3 Å². The Hall–Kier alpha value is -1.07. The lowest BCUT2D eigenvalue weighted by molar-refractivity contribution is 0.0692. The first-order valence-corrected chi connectivity index (χ1v) is 4.83. The third kappa shape index (κ3) is 1.38. The van der Waals surface area contributed by atoms with Gasteiger partial charge in [-0.15, -0.1) is 0 Å². The van der Waals surface area contributed by atoms with E-state index < -0.39 is 5.97 Å². The van der Waals surface area contributed by atoms with Crippen LogP contribution in [0.5, 0.6) is 0 Å². The number of aromatic carboxylic acids is 1. The molecule has 0 aliphatic carbocycles. The Morgan fingerprint density at radius 1 is 1.57 bits per heavy atom. The van der Waals surface area contributed by atoms with Gasteiger partial charge >= 0.3 is 5.97 Å². The van der Waals surface area contributed by atoms with E-state index in [-0.39, 0.29) is 5.69 Å². The minimum Gasteiger partial charge on any atom is -0.476 e. The van der Waals surface area contributed by atoms with Crippen LogP contribution >= 0.6 is 27.5 Å². The maximum atomic E-state index is 10.8. The molecule has 0 spiro atoms. The molecule has 0 bridgehead atoms. The summed E-state index contributed by atoms with van der Waals surface area (Å²) in [5, 5.41) is 16.2. The van der Waals surface area contributed by atoms with Crippen LogP contribution < -0.4 is 0 Å². The summed E-state index contributed by atoms with van der Waals surface area (Å²) in [6, 6.07) is 3.26. The molecule has 0 atom stereocenters. The summed E-state index contributed by atoms with van der Waals surface area (Å²) in [6.07, 6.45) is 0. The van der Waals surface area contributed by atoms with E-state index >= 15 is 0 Å². The average Bonchev–Trinajstić information content (AvgIpc) is 2.47.